The van der Waals surface area contributed by atoms with Crippen molar-refractivity contribution in [2.75, 3.05) is 6.54 Å². The summed E-state index contributed by atoms with van der Waals surface area (Å²) in [7, 11) is 0. The highest BCUT2D eigenvalue weighted by molar-refractivity contribution is 7.13. The molecule has 0 saturated heterocycles. The summed E-state index contributed by atoms with van der Waals surface area (Å²) in [6.07, 6.45) is 2.14. The maximum atomic E-state index is 12.2. The van der Waals surface area contributed by atoms with Crippen molar-refractivity contribution < 1.29 is 13.7 Å². The van der Waals surface area contributed by atoms with Crippen molar-refractivity contribution in [1.82, 2.24) is 15.5 Å². The first kappa shape index (κ1) is 17.5. The molecule has 6 nitrogen and oxygen atoms in total. The third-order valence-corrected chi connectivity index (χ3v) is 5.08. The van der Waals surface area contributed by atoms with Crippen LogP contribution >= 0.6 is 22.9 Å². The number of hydrogen-bond donors (Lipinski definition) is 1. The van der Waals surface area contributed by atoms with Crippen LogP contribution in [-0.4, -0.2) is 22.6 Å². The van der Waals surface area contributed by atoms with E-state index in [-0.39, 0.29) is 11.6 Å². The molecule has 0 fully saturated rings. The van der Waals surface area contributed by atoms with E-state index in [1.165, 1.54) is 17.6 Å². The number of furan rings is 1. The molecule has 1 N–H and O–H groups in total. The second-order valence-electron chi connectivity index (χ2n) is 5.68. The lowest BCUT2D eigenvalue weighted by molar-refractivity contribution is 0.0945. The van der Waals surface area contributed by atoms with E-state index >= 15 is 0 Å². The number of rotatable bonds is 6. The SMILES string of the molecule is O=C(NCCc1csc(-c2ccccc2Cl)n1)c1cc(-c2ccco2)on1. The topological polar surface area (TPSA) is 81.2 Å². The first-order valence-corrected chi connectivity index (χ1v) is 9.44. The molecule has 0 radical (unpaired) electrons. The maximum Gasteiger partial charge on any atom is 0.273 e. The van der Waals surface area contributed by atoms with Crippen molar-refractivity contribution in [2.24, 2.45) is 0 Å². The van der Waals surface area contributed by atoms with E-state index in [9.17, 15) is 4.79 Å². The van der Waals surface area contributed by atoms with E-state index in [4.69, 9.17) is 20.5 Å². The minimum atomic E-state index is -0.307. The minimum Gasteiger partial charge on any atom is -0.461 e. The molecule has 0 aliphatic carbocycles. The Balaban J connectivity index is 1.34. The number of carbonyl (C=O) groups excluding carboxylic acids is 1. The summed E-state index contributed by atoms with van der Waals surface area (Å²) in [6, 6.07) is 12.6. The number of benzene rings is 1. The molecule has 4 aromatic rings. The number of hydrogen-bond acceptors (Lipinski definition) is 6. The highest BCUT2D eigenvalue weighted by Crippen LogP contribution is 2.30. The van der Waals surface area contributed by atoms with Crippen LogP contribution in [0, 0.1) is 0 Å². The molecule has 0 aliphatic rings. The second-order valence-corrected chi connectivity index (χ2v) is 6.95. The highest BCUT2D eigenvalue weighted by Gasteiger charge is 2.15. The van der Waals surface area contributed by atoms with Crippen LogP contribution in [0.1, 0.15) is 16.2 Å². The molecule has 8 heteroatoms. The Labute approximate surface area is 163 Å². The van der Waals surface area contributed by atoms with Crippen LogP contribution < -0.4 is 5.32 Å². The molecule has 3 heterocycles. The Kier molecular flexibility index (Phi) is 5.04. The first-order valence-electron chi connectivity index (χ1n) is 8.19. The molecule has 27 heavy (non-hydrogen) atoms. The average molecular weight is 400 g/mol. The van der Waals surface area contributed by atoms with E-state index in [0.29, 0.717) is 29.5 Å². The second kappa shape index (κ2) is 7.77. The Bertz CT molecular complexity index is 1060. The van der Waals surface area contributed by atoms with Crippen molar-refractivity contribution in [3.8, 4) is 22.1 Å². The van der Waals surface area contributed by atoms with Gasteiger partial charge in [0.2, 0.25) is 5.76 Å². The molecule has 1 amide bonds. The molecule has 136 valence electrons. The largest absolute Gasteiger partial charge is 0.461 e. The van der Waals surface area contributed by atoms with Crippen LogP contribution in [0.4, 0.5) is 0 Å². The Hall–Kier alpha value is -2.90. The number of carbonyl (C=O) groups is 1. The fraction of sp³-hybridized carbons (Fsp3) is 0.105. The fourth-order valence-corrected chi connectivity index (χ4v) is 3.67. The van der Waals surface area contributed by atoms with E-state index in [1.807, 2.05) is 29.6 Å². The van der Waals surface area contributed by atoms with Gasteiger partial charge in [0.25, 0.3) is 5.91 Å². The van der Waals surface area contributed by atoms with Crippen LogP contribution in [0.15, 0.2) is 63.0 Å². The first-order chi connectivity index (χ1) is 13.2. The molecule has 0 atom stereocenters. The van der Waals surface area contributed by atoms with Crippen LogP contribution in [0.3, 0.4) is 0 Å². The highest BCUT2D eigenvalue weighted by atomic mass is 35.5. The average Bonchev–Trinajstić information content (AvgIpc) is 3.42. The molecule has 0 saturated carbocycles. The summed E-state index contributed by atoms with van der Waals surface area (Å²) in [4.78, 5) is 16.8. The summed E-state index contributed by atoms with van der Waals surface area (Å²) in [5, 5.41) is 10.1. The van der Waals surface area contributed by atoms with E-state index in [1.54, 1.807) is 18.2 Å². The van der Waals surface area contributed by atoms with Crippen molar-refractivity contribution in [1.29, 1.82) is 0 Å². The zero-order chi connectivity index (χ0) is 18.6. The summed E-state index contributed by atoms with van der Waals surface area (Å²) in [6.45, 7) is 0.438. The van der Waals surface area contributed by atoms with E-state index < -0.39 is 0 Å². The quantitative estimate of drug-likeness (QED) is 0.509. The summed E-state index contributed by atoms with van der Waals surface area (Å²) >= 11 is 7.74. The number of halogens is 1. The lowest BCUT2D eigenvalue weighted by Gasteiger charge is -2.01. The minimum absolute atomic E-state index is 0.205. The standard InChI is InChI=1S/C19H14ClN3O3S/c20-14-5-2-1-4-13(14)19-22-12(11-27-19)7-8-21-18(24)15-10-17(26-23-15)16-6-3-9-25-16/h1-6,9-11H,7-8H2,(H,21,24). The molecular formula is C19H14ClN3O3S. The van der Waals surface area contributed by atoms with Crippen molar-refractivity contribution in [3.63, 3.8) is 0 Å². The van der Waals surface area contributed by atoms with Gasteiger partial charge in [0.05, 0.1) is 17.0 Å². The summed E-state index contributed by atoms with van der Waals surface area (Å²) in [5.74, 6) is 0.628. The number of aromatic nitrogens is 2. The molecular weight excluding hydrogens is 386 g/mol. The number of thiazole rings is 1. The summed E-state index contributed by atoms with van der Waals surface area (Å²) < 4.78 is 10.3. The summed E-state index contributed by atoms with van der Waals surface area (Å²) in [5.41, 5.74) is 2.01. The van der Waals surface area contributed by atoms with Crippen LogP contribution in [0.2, 0.25) is 5.02 Å². The van der Waals surface area contributed by atoms with Gasteiger partial charge in [0.15, 0.2) is 11.5 Å². The number of nitrogens with zero attached hydrogens (tertiary/aromatic N) is 2. The third kappa shape index (κ3) is 3.94. The molecule has 4 rings (SSSR count). The molecule has 1 aromatic carbocycles. The van der Waals surface area contributed by atoms with Crippen LogP contribution in [-0.2, 0) is 6.42 Å². The molecule has 0 spiro atoms. The van der Waals surface area contributed by atoms with Gasteiger partial charge in [0, 0.05) is 30.0 Å². The van der Waals surface area contributed by atoms with Gasteiger partial charge in [-0.05, 0) is 18.2 Å². The van der Waals surface area contributed by atoms with E-state index in [2.05, 4.69) is 15.5 Å². The van der Waals surface area contributed by atoms with Crippen LogP contribution in [0.25, 0.3) is 22.1 Å². The van der Waals surface area contributed by atoms with Gasteiger partial charge in [-0.2, -0.15) is 0 Å². The van der Waals surface area contributed by atoms with Gasteiger partial charge in [-0.25, -0.2) is 4.98 Å². The molecule has 0 bridgehead atoms. The smallest absolute Gasteiger partial charge is 0.273 e. The van der Waals surface area contributed by atoms with Gasteiger partial charge < -0.3 is 14.3 Å². The van der Waals surface area contributed by atoms with Crippen molar-refractivity contribution >= 4 is 28.8 Å². The zero-order valence-electron chi connectivity index (χ0n) is 14.0. The zero-order valence-corrected chi connectivity index (χ0v) is 15.6. The lowest BCUT2D eigenvalue weighted by atomic mass is 10.2. The van der Waals surface area contributed by atoms with Crippen molar-refractivity contribution in [3.05, 3.63) is 70.5 Å². The van der Waals surface area contributed by atoms with Gasteiger partial charge in [-0.3, -0.25) is 4.79 Å². The Morgan fingerprint density at radius 2 is 2.07 bits per heavy atom. The van der Waals surface area contributed by atoms with Crippen LogP contribution in [0.5, 0.6) is 0 Å². The molecule has 0 unspecified atom stereocenters. The van der Waals surface area contributed by atoms with Crippen molar-refractivity contribution in [2.45, 2.75) is 6.42 Å². The third-order valence-electron chi connectivity index (χ3n) is 3.83. The maximum absolute atomic E-state index is 12.2. The van der Waals surface area contributed by atoms with Gasteiger partial charge in [-0.1, -0.05) is 35.0 Å². The predicted octanol–water partition coefficient (Wildman–Crippen LogP) is 4.68. The Morgan fingerprint density at radius 1 is 1.19 bits per heavy atom. The normalized spacial score (nSPS) is 10.9. The van der Waals surface area contributed by atoms with Gasteiger partial charge in [0.1, 0.15) is 5.01 Å². The lowest BCUT2D eigenvalue weighted by Crippen LogP contribution is -2.26. The fourth-order valence-electron chi connectivity index (χ4n) is 2.49. The monoisotopic (exact) mass is 399 g/mol. The number of nitrogens with one attached hydrogen (secondary N) is 1. The molecule has 0 aliphatic heterocycles. The number of amides is 1. The molecule has 3 aromatic heterocycles. The van der Waals surface area contributed by atoms with Gasteiger partial charge in [-0.15, -0.1) is 11.3 Å². The van der Waals surface area contributed by atoms with Gasteiger partial charge >= 0.3 is 0 Å². The Morgan fingerprint density at radius 3 is 2.89 bits per heavy atom. The van der Waals surface area contributed by atoms with E-state index in [0.717, 1.165) is 16.3 Å². The predicted molar refractivity (Wildman–Crippen MR) is 103 cm³/mol.